The molecule has 0 aliphatic carbocycles. The van der Waals surface area contributed by atoms with Gasteiger partial charge in [-0.25, -0.2) is 17.9 Å². The predicted octanol–water partition coefficient (Wildman–Crippen LogP) is 3.29. The van der Waals surface area contributed by atoms with E-state index in [4.69, 9.17) is 16.3 Å². The number of nitrogens with one attached hydrogen (secondary N) is 1. The van der Waals surface area contributed by atoms with Crippen LogP contribution in [0.3, 0.4) is 0 Å². The number of ether oxygens (including phenoxy) is 1. The number of carbonyl (C=O) groups excluding carboxylic acids is 2. The second-order valence-electron chi connectivity index (χ2n) is 6.60. The summed E-state index contributed by atoms with van der Waals surface area (Å²) >= 11 is 5.90. The van der Waals surface area contributed by atoms with E-state index in [-0.39, 0.29) is 27.3 Å². The molecule has 0 amide bonds. The van der Waals surface area contributed by atoms with Crippen molar-refractivity contribution in [2.45, 2.75) is 38.6 Å². The van der Waals surface area contributed by atoms with Gasteiger partial charge < -0.3 is 9.30 Å². The average Bonchev–Trinajstić information content (AvgIpc) is 2.94. The van der Waals surface area contributed by atoms with Gasteiger partial charge >= 0.3 is 5.97 Å². The number of sulfonamides is 1. The lowest BCUT2D eigenvalue weighted by Crippen LogP contribution is -2.20. The molecule has 1 heterocycles. The Morgan fingerprint density at radius 2 is 1.86 bits per heavy atom. The van der Waals surface area contributed by atoms with Gasteiger partial charge in [-0.15, -0.1) is 0 Å². The van der Waals surface area contributed by atoms with Crippen LogP contribution in [0.5, 0.6) is 0 Å². The second-order valence-corrected chi connectivity index (χ2v) is 8.86. The number of halogens is 1. The Balaban J connectivity index is 2.18. The molecule has 0 spiro atoms. The Morgan fingerprint density at radius 3 is 2.39 bits per heavy atom. The van der Waals surface area contributed by atoms with Gasteiger partial charge in [0.25, 0.3) is 0 Å². The first kappa shape index (κ1) is 22.1. The lowest BCUT2D eigenvalue weighted by atomic mass is 10.1. The molecule has 152 valence electrons. The molecule has 7 nitrogen and oxygen atoms in total. The first-order valence-electron chi connectivity index (χ1n) is 8.61. The lowest BCUT2D eigenvalue weighted by molar-refractivity contribution is 0.0474. The number of rotatable bonds is 7. The normalized spacial score (nSPS) is 11.7. The zero-order valence-electron chi connectivity index (χ0n) is 16.4. The maximum Gasteiger partial charge on any atom is 0.338 e. The van der Waals surface area contributed by atoms with E-state index in [0.29, 0.717) is 5.56 Å². The molecule has 2 aromatic rings. The van der Waals surface area contributed by atoms with Gasteiger partial charge in [-0.2, -0.15) is 0 Å². The molecule has 0 unspecified atom stereocenters. The van der Waals surface area contributed by atoms with Gasteiger partial charge in [-0.05, 0) is 59.0 Å². The molecule has 0 aliphatic rings. The summed E-state index contributed by atoms with van der Waals surface area (Å²) in [6, 6.07) is 5.72. The molecule has 0 aliphatic heterocycles. The molecule has 1 N–H and O–H groups in total. The number of hydrogen-bond donors (Lipinski definition) is 1. The van der Waals surface area contributed by atoms with Gasteiger partial charge in [-0.3, -0.25) is 4.79 Å². The highest BCUT2D eigenvalue weighted by Crippen LogP contribution is 2.23. The van der Waals surface area contributed by atoms with Crippen molar-refractivity contribution in [1.82, 2.24) is 9.29 Å². The van der Waals surface area contributed by atoms with Crippen molar-refractivity contribution >= 4 is 33.4 Å². The van der Waals surface area contributed by atoms with Crippen molar-refractivity contribution in [2.24, 2.45) is 0 Å². The Morgan fingerprint density at radius 1 is 1.21 bits per heavy atom. The third kappa shape index (κ3) is 4.45. The van der Waals surface area contributed by atoms with E-state index < -0.39 is 22.6 Å². The molecule has 0 atom stereocenters. The molecule has 0 saturated heterocycles. The van der Waals surface area contributed by atoms with Crippen molar-refractivity contribution in [1.29, 1.82) is 0 Å². The quantitative estimate of drug-likeness (QED) is 0.541. The predicted molar refractivity (Wildman–Crippen MR) is 107 cm³/mol. The maximum absolute atomic E-state index is 12.5. The third-order valence-electron chi connectivity index (χ3n) is 4.36. The van der Waals surface area contributed by atoms with Crippen LogP contribution in [0.2, 0.25) is 5.02 Å². The van der Waals surface area contributed by atoms with Crippen LogP contribution in [-0.2, 0) is 14.8 Å². The largest absolute Gasteiger partial charge is 0.454 e. The number of benzene rings is 1. The molecule has 1 aromatic carbocycles. The minimum Gasteiger partial charge on any atom is -0.454 e. The topological polar surface area (TPSA) is 94.5 Å². The van der Waals surface area contributed by atoms with Crippen molar-refractivity contribution in [3.05, 3.63) is 51.8 Å². The monoisotopic (exact) mass is 426 g/mol. The summed E-state index contributed by atoms with van der Waals surface area (Å²) in [5.74, 6) is -1.14. The van der Waals surface area contributed by atoms with Crippen LogP contribution in [0.1, 0.15) is 52.0 Å². The average molecular weight is 427 g/mol. The Bertz CT molecular complexity index is 1030. The lowest BCUT2D eigenvalue weighted by Gasteiger charge is -2.13. The van der Waals surface area contributed by atoms with E-state index in [1.54, 1.807) is 6.07 Å². The molecule has 28 heavy (non-hydrogen) atoms. The van der Waals surface area contributed by atoms with Crippen LogP contribution in [0.25, 0.3) is 0 Å². The minimum absolute atomic E-state index is 0.0151. The maximum atomic E-state index is 12.5. The van der Waals surface area contributed by atoms with Gasteiger partial charge in [0.1, 0.15) is 4.90 Å². The first-order valence-corrected chi connectivity index (χ1v) is 10.5. The van der Waals surface area contributed by atoms with Crippen molar-refractivity contribution in [2.75, 3.05) is 13.7 Å². The van der Waals surface area contributed by atoms with Crippen LogP contribution in [-0.4, -0.2) is 38.4 Å². The molecule has 0 saturated carbocycles. The number of Topliss-reactive ketones (excluding diaryl/α,β-unsaturated/α-hetero) is 1. The molecular formula is C19H23ClN2O5S. The zero-order valence-corrected chi connectivity index (χ0v) is 17.9. The second kappa shape index (κ2) is 8.46. The van der Waals surface area contributed by atoms with Crippen molar-refractivity contribution in [3.8, 4) is 0 Å². The van der Waals surface area contributed by atoms with Crippen LogP contribution in [0.15, 0.2) is 29.2 Å². The summed E-state index contributed by atoms with van der Waals surface area (Å²) < 4.78 is 33.2. The van der Waals surface area contributed by atoms with E-state index in [9.17, 15) is 18.0 Å². The van der Waals surface area contributed by atoms with Gasteiger partial charge in [0.15, 0.2) is 6.61 Å². The molecular weight excluding hydrogens is 404 g/mol. The number of ketones is 1. The Labute approximate surface area is 169 Å². The fourth-order valence-corrected chi connectivity index (χ4v) is 4.34. The van der Waals surface area contributed by atoms with Crippen LogP contribution in [0.4, 0.5) is 0 Å². The summed E-state index contributed by atoms with van der Waals surface area (Å²) in [5.41, 5.74) is 2.23. The SMILES string of the molecule is CNS(=O)(=O)c1cc(C(=O)OCC(=O)c2cc(C)n(C(C)C)c2C)ccc1Cl. The summed E-state index contributed by atoms with van der Waals surface area (Å²) in [6.45, 7) is 7.35. The molecule has 0 radical (unpaired) electrons. The Kier molecular flexibility index (Phi) is 6.69. The van der Waals surface area contributed by atoms with Crippen LogP contribution < -0.4 is 4.72 Å². The summed E-state index contributed by atoms with van der Waals surface area (Å²) in [7, 11) is -2.60. The number of esters is 1. The third-order valence-corrected chi connectivity index (χ3v) is 6.26. The van der Waals surface area contributed by atoms with Gasteiger partial charge in [0.05, 0.1) is 10.6 Å². The fraction of sp³-hybridized carbons (Fsp3) is 0.368. The van der Waals surface area contributed by atoms with E-state index in [1.165, 1.54) is 19.2 Å². The number of aryl methyl sites for hydroxylation is 1. The standard InChI is InChI=1S/C19H23ClN2O5S/c1-11(2)22-12(3)8-15(13(22)4)17(23)10-27-19(24)14-6-7-16(20)18(9-14)28(25,26)21-5/h6-9,11,21H,10H2,1-5H3. The number of carbonyl (C=O) groups is 2. The highest BCUT2D eigenvalue weighted by Gasteiger charge is 2.21. The summed E-state index contributed by atoms with van der Waals surface area (Å²) in [4.78, 5) is 24.5. The van der Waals surface area contributed by atoms with E-state index in [1.807, 2.05) is 32.3 Å². The smallest absolute Gasteiger partial charge is 0.338 e. The number of aromatic nitrogens is 1. The first-order chi connectivity index (χ1) is 13.0. The van der Waals surface area contributed by atoms with Crippen molar-refractivity contribution in [3.63, 3.8) is 0 Å². The van der Waals surface area contributed by atoms with E-state index >= 15 is 0 Å². The molecule has 9 heteroatoms. The van der Waals surface area contributed by atoms with Crippen molar-refractivity contribution < 1.29 is 22.7 Å². The number of nitrogens with zero attached hydrogens (tertiary/aromatic N) is 1. The molecule has 0 fully saturated rings. The summed E-state index contributed by atoms with van der Waals surface area (Å²) in [6.07, 6.45) is 0. The van der Waals surface area contributed by atoms with Gasteiger partial charge in [0.2, 0.25) is 15.8 Å². The Hall–Kier alpha value is -2.16. The van der Waals surface area contributed by atoms with Crippen LogP contribution >= 0.6 is 11.6 Å². The van der Waals surface area contributed by atoms with Gasteiger partial charge in [0, 0.05) is 23.0 Å². The number of hydrogen-bond acceptors (Lipinski definition) is 5. The zero-order chi connectivity index (χ0) is 21.2. The van der Waals surface area contributed by atoms with Crippen LogP contribution in [0, 0.1) is 13.8 Å². The molecule has 2 rings (SSSR count). The minimum atomic E-state index is -3.83. The highest BCUT2D eigenvalue weighted by atomic mass is 35.5. The molecule has 1 aromatic heterocycles. The molecule has 0 bridgehead atoms. The van der Waals surface area contributed by atoms with E-state index in [0.717, 1.165) is 17.5 Å². The highest BCUT2D eigenvalue weighted by molar-refractivity contribution is 7.89. The summed E-state index contributed by atoms with van der Waals surface area (Å²) in [5, 5.41) is -0.0249. The van der Waals surface area contributed by atoms with E-state index in [2.05, 4.69) is 4.72 Å². The fourth-order valence-electron chi connectivity index (χ4n) is 3.09. The van der Waals surface area contributed by atoms with Gasteiger partial charge in [-0.1, -0.05) is 11.6 Å².